The van der Waals surface area contributed by atoms with Crippen LogP contribution in [-0.4, -0.2) is 27.5 Å². The Morgan fingerprint density at radius 1 is 1.35 bits per heavy atom. The highest BCUT2D eigenvalue weighted by Crippen LogP contribution is 2.07. The van der Waals surface area contributed by atoms with E-state index in [9.17, 15) is 4.79 Å². The van der Waals surface area contributed by atoms with Crippen LogP contribution in [0.4, 0.5) is 0 Å². The molecule has 20 heavy (non-hydrogen) atoms. The van der Waals surface area contributed by atoms with E-state index in [1.54, 1.807) is 4.68 Å². The third kappa shape index (κ3) is 4.42. The summed E-state index contributed by atoms with van der Waals surface area (Å²) in [6.07, 6.45) is 3.27. The molecule has 106 valence electrons. The molecule has 0 bridgehead atoms. The minimum atomic E-state index is -0.318. The van der Waals surface area contributed by atoms with Crippen molar-refractivity contribution >= 4 is 18.5 Å². The minimum Gasteiger partial charge on any atom is -0.355 e. The number of rotatable bonds is 6. The van der Waals surface area contributed by atoms with Gasteiger partial charge in [-0.2, -0.15) is 17.7 Å². The summed E-state index contributed by atoms with van der Waals surface area (Å²) in [4.78, 5) is 11.9. The first kappa shape index (κ1) is 14.7. The van der Waals surface area contributed by atoms with E-state index in [-0.39, 0.29) is 11.2 Å². The molecule has 0 saturated carbocycles. The number of hydrogen-bond donors (Lipinski definition) is 2. The number of carbonyl (C=O) groups is 1. The first-order chi connectivity index (χ1) is 9.65. The Bertz CT molecular complexity index is 553. The molecule has 1 atom stereocenters. The van der Waals surface area contributed by atoms with Gasteiger partial charge >= 0.3 is 0 Å². The minimum absolute atomic E-state index is 0.0342. The van der Waals surface area contributed by atoms with Gasteiger partial charge in [-0.15, -0.1) is 0 Å². The van der Waals surface area contributed by atoms with Gasteiger partial charge < -0.3 is 5.32 Å². The Morgan fingerprint density at radius 2 is 2.10 bits per heavy atom. The van der Waals surface area contributed by atoms with Gasteiger partial charge in [0.25, 0.3) is 0 Å². The zero-order chi connectivity index (χ0) is 14.4. The van der Waals surface area contributed by atoms with E-state index in [4.69, 9.17) is 0 Å². The van der Waals surface area contributed by atoms with Crippen LogP contribution in [0.2, 0.25) is 0 Å². The second-order valence-electron chi connectivity index (χ2n) is 4.73. The lowest BCUT2D eigenvalue weighted by molar-refractivity contribution is -0.120. The SMILES string of the molecule is Cn1ccc(CCNC(=O)C(S)Cc2ccccc2)n1. The summed E-state index contributed by atoms with van der Waals surface area (Å²) in [6.45, 7) is 0.585. The van der Waals surface area contributed by atoms with E-state index in [1.807, 2.05) is 49.6 Å². The van der Waals surface area contributed by atoms with Crippen molar-refractivity contribution in [3.63, 3.8) is 0 Å². The topological polar surface area (TPSA) is 46.9 Å². The molecule has 1 heterocycles. The molecule has 0 radical (unpaired) electrons. The van der Waals surface area contributed by atoms with Crippen molar-refractivity contribution in [2.75, 3.05) is 6.54 Å². The van der Waals surface area contributed by atoms with E-state index >= 15 is 0 Å². The van der Waals surface area contributed by atoms with Gasteiger partial charge in [-0.1, -0.05) is 30.3 Å². The monoisotopic (exact) mass is 289 g/mol. The molecule has 2 aromatic rings. The van der Waals surface area contributed by atoms with Crippen molar-refractivity contribution in [2.24, 2.45) is 7.05 Å². The van der Waals surface area contributed by atoms with Crippen LogP contribution in [0, 0.1) is 0 Å². The van der Waals surface area contributed by atoms with Crippen LogP contribution in [0.1, 0.15) is 11.3 Å². The highest BCUT2D eigenvalue weighted by Gasteiger charge is 2.13. The summed E-state index contributed by atoms with van der Waals surface area (Å²) in [6, 6.07) is 11.9. The number of nitrogens with zero attached hydrogens (tertiary/aromatic N) is 2. The average molecular weight is 289 g/mol. The number of benzene rings is 1. The maximum atomic E-state index is 11.9. The Morgan fingerprint density at radius 3 is 2.75 bits per heavy atom. The predicted molar refractivity (Wildman–Crippen MR) is 82.8 cm³/mol. The molecule has 5 heteroatoms. The molecule has 1 aromatic heterocycles. The fourth-order valence-electron chi connectivity index (χ4n) is 1.96. The summed E-state index contributed by atoms with van der Waals surface area (Å²) < 4.78 is 1.76. The number of thiol groups is 1. The molecule has 1 amide bonds. The number of amides is 1. The van der Waals surface area contributed by atoms with Gasteiger partial charge in [0.15, 0.2) is 0 Å². The van der Waals surface area contributed by atoms with Crippen LogP contribution >= 0.6 is 12.6 Å². The van der Waals surface area contributed by atoms with Gasteiger partial charge in [0, 0.05) is 26.2 Å². The summed E-state index contributed by atoms with van der Waals surface area (Å²) in [7, 11) is 1.88. The van der Waals surface area contributed by atoms with E-state index in [0.717, 1.165) is 17.7 Å². The van der Waals surface area contributed by atoms with Gasteiger partial charge in [0.05, 0.1) is 10.9 Å². The smallest absolute Gasteiger partial charge is 0.233 e. The van der Waals surface area contributed by atoms with Gasteiger partial charge in [0.1, 0.15) is 0 Å². The molecule has 2 rings (SSSR count). The van der Waals surface area contributed by atoms with Crippen molar-refractivity contribution in [2.45, 2.75) is 18.1 Å². The standard InChI is InChI=1S/C15H19N3OS/c1-18-10-8-13(17-18)7-9-16-15(19)14(20)11-12-5-3-2-4-6-12/h2-6,8,10,14,20H,7,9,11H2,1H3,(H,16,19). The molecule has 4 nitrogen and oxygen atoms in total. The molecule has 0 aliphatic heterocycles. The first-order valence-corrected chi connectivity index (χ1v) is 7.15. The summed E-state index contributed by atoms with van der Waals surface area (Å²) in [5.41, 5.74) is 2.10. The van der Waals surface area contributed by atoms with Crippen LogP contribution in [-0.2, 0) is 24.7 Å². The molecule has 0 saturated heterocycles. The van der Waals surface area contributed by atoms with Gasteiger partial charge in [-0.25, -0.2) is 0 Å². The Hall–Kier alpha value is -1.75. The molecular formula is C15H19N3OS. The van der Waals surface area contributed by atoms with Crippen LogP contribution in [0.3, 0.4) is 0 Å². The van der Waals surface area contributed by atoms with Crippen LogP contribution < -0.4 is 5.32 Å². The van der Waals surface area contributed by atoms with Crippen molar-refractivity contribution in [1.29, 1.82) is 0 Å². The lowest BCUT2D eigenvalue weighted by Crippen LogP contribution is -2.34. The van der Waals surface area contributed by atoms with E-state index in [2.05, 4.69) is 23.0 Å². The second kappa shape index (κ2) is 7.14. The van der Waals surface area contributed by atoms with E-state index in [0.29, 0.717) is 13.0 Å². The fraction of sp³-hybridized carbons (Fsp3) is 0.333. The zero-order valence-electron chi connectivity index (χ0n) is 11.5. The Balaban J connectivity index is 1.74. The molecule has 1 aromatic carbocycles. The van der Waals surface area contributed by atoms with Crippen molar-refractivity contribution < 1.29 is 4.79 Å². The van der Waals surface area contributed by atoms with Crippen LogP contribution in [0.5, 0.6) is 0 Å². The molecule has 0 spiro atoms. The van der Waals surface area contributed by atoms with Gasteiger partial charge in [-0.3, -0.25) is 9.48 Å². The quantitative estimate of drug-likeness (QED) is 0.794. The summed E-state index contributed by atoms with van der Waals surface area (Å²) in [5, 5.41) is 6.84. The molecule has 0 fully saturated rings. The maximum absolute atomic E-state index is 11.9. The van der Waals surface area contributed by atoms with E-state index < -0.39 is 0 Å². The number of carbonyl (C=O) groups excluding carboxylic acids is 1. The first-order valence-electron chi connectivity index (χ1n) is 6.63. The summed E-state index contributed by atoms with van der Waals surface area (Å²) in [5.74, 6) is -0.0342. The number of aromatic nitrogens is 2. The maximum Gasteiger partial charge on any atom is 0.233 e. The molecule has 1 unspecified atom stereocenters. The van der Waals surface area contributed by atoms with Crippen molar-refractivity contribution in [1.82, 2.24) is 15.1 Å². The highest BCUT2D eigenvalue weighted by atomic mass is 32.1. The lowest BCUT2D eigenvalue weighted by Gasteiger charge is -2.11. The van der Waals surface area contributed by atoms with Gasteiger partial charge in [0.2, 0.25) is 5.91 Å². The molecule has 1 N–H and O–H groups in total. The Labute approximate surface area is 124 Å². The van der Waals surface area contributed by atoms with Crippen LogP contribution in [0.25, 0.3) is 0 Å². The number of aryl methyl sites for hydroxylation is 1. The van der Waals surface area contributed by atoms with E-state index in [1.165, 1.54) is 0 Å². The molecule has 0 aliphatic carbocycles. The zero-order valence-corrected chi connectivity index (χ0v) is 12.4. The Kier molecular flexibility index (Phi) is 5.24. The van der Waals surface area contributed by atoms with Crippen molar-refractivity contribution in [3.05, 3.63) is 53.9 Å². The predicted octanol–water partition coefficient (Wildman–Crippen LogP) is 1.62. The number of nitrogens with one attached hydrogen (secondary N) is 1. The summed E-state index contributed by atoms with van der Waals surface area (Å²) >= 11 is 4.37. The van der Waals surface area contributed by atoms with Crippen LogP contribution in [0.15, 0.2) is 42.6 Å². The molecule has 0 aliphatic rings. The third-order valence-corrected chi connectivity index (χ3v) is 3.44. The fourth-order valence-corrected chi connectivity index (χ4v) is 2.26. The van der Waals surface area contributed by atoms with Crippen molar-refractivity contribution in [3.8, 4) is 0 Å². The average Bonchev–Trinajstić information content (AvgIpc) is 2.85. The second-order valence-corrected chi connectivity index (χ2v) is 5.35. The highest BCUT2D eigenvalue weighted by molar-refractivity contribution is 7.81. The third-order valence-electron chi connectivity index (χ3n) is 3.02. The number of hydrogen-bond acceptors (Lipinski definition) is 3. The largest absolute Gasteiger partial charge is 0.355 e. The molecular weight excluding hydrogens is 270 g/mol. The lowest BCUT2D eigenvalue weighted by atomic mass is 10.1. The normalized spacial score (nSPS) is 12.1. The van der Waals surface area contributed by atoms with Gasteiger partial charge in [-0.05, 0) is 18.1 Å².